The van der Waals surface area contributed by atoms with Crippen LogP contribution in [0.2, 0.25) is 0 Å². The van der Waals surface area contributed by atoms with E-state index in [0.717, 1.165) is 12.1 Å². The Bertz CT molecular complexity index is 762. The number of carbonyl (C=O) groups excluding carboxylic acids is 1. The van der Waals surface area contributed by atoms with Crippen molar-refractivity contribution in [2.45, 2.75) is 0 Å². The molecule has 0 unspecified atom stereocenters. The second kappa shape index (κ2) is 6.81. The Balaban J connectivity index is 2.10. The topological polar surface area (TPSA) is 108 Å². The maximum Gasteiger partial charge on any atom is 0.272 e. The molecule has 0 aliphatic rings. The number of nitro groups is 1. The third-order valence-electron chi connectivity index (χ3n) is 2.68. The van der Waals surface area contributed by atoms with E-state index in [2.05, 4.69) is 26.5 Å². The highest BCUT2D eigenvalue weighted by molar-refractivity contribution is 9.10. The number of amides is 1. The van der Waals surface area contributed by atoms with Crippen molar-refractivity contribution in [2.75, 3.05) is 0 Å². The molecular weight excluding hydrogens is 354 g/mol. The zero-order valence-corrected chi connectivity index (χ0v) is 12.6. The molecule has 0 atom stereocenters. The first-order valence-electron chi connectivity index (χ1n) is 6.02. The average molecular weight is 363 g/mol. The molecular formula is C14H9BrN3O4-. The highest BCUT2D eigenvalue weighted by Crippen LogP contribution is 2.22. The van der Waals surface area contributed by atoms with Crippen LogP contribution in [-0.2, 0) is 0 Å². The molecule has 0 saturated carbocycles. The zero-order valence-electron chi connectivity index (χ0n) is 11.0. The van der Waals surface area contributed by atoms with E-state index < -0.39 is 22.3 Å². The lowest BCUT2D eigenvalue weighted by molar-refractivity contribution is -0.398. The van der Waals surface area contributed by atoms with E-state index in [9.17, 15) is 20.0 Å². The van der Waals surface area contributed by atoms with Crippen LogP contribution < -0.4 is 10.5 Å². The van der Waals surface area contributed by atoms with Gasteiger partial charge in [0.25, 0.3) is 11.6 Å². The molecule has 0 aromatic heterocycles. The fraction of sp³-hybridized carbons (Fsp3) is 0. The second-order valence-electron chi connectivity index (χ2n) is 4.16. The predicted molar refractivity (Wildman–Crippen MR) is 81.7 cm³/mol. The van der Waals surface area contributed by atoms with Crippen LogP contribution in [0.25, 0.3) is 0 Å². The fourth-order valence-electron chi connectivity index (χ4n) is 1.63. The van der Waals surface area contributed by atoms with E-state index in [1.165, 1.54) is 12.3 Å². The molecule has 0 radical (unpaired) electrons. The molecule has 0 bridgehead atoms. The lowest BCUT2D eigenvalue weighted by atomic mass is 10.2. The number of carbonyl (C=O) groups is 1. The van der Waals surface area contributed by atoms with Crippen molar-refractivity contribution in [3.63, 3.8) is 0 Å². The molecule has 7 nitrogen and oxygen atoms in total. The summed E-state index contributed by atoms with van der Waals surface area (Å²) in [6, 6.07) is 10.4. The highest BCUT2D eigenvalue weighted by atomic mass is 79.9. The molecule has 2 aromatic carbocycles. The maximum absolute atomic E-state index is 11.9. The summed E-state index contributed by atoms with van der Waals surface area (Å²) < 4.78 is 0.619. The van der Waals surface area contributed by atoms with Gasteiger partial charge in [-0.2, -0.15) is 5.10 Å². The summed E-state index contributed by atoms with van der Waals surface area (Å²) in [5, 5.41) is 25.6. The van der Waals surface area contributed by atoms with E-state index in [4.69, 9.17) is 0 Å². The Morgan fingerprint density at radius 2 is 2.00 bits per heavy atom. The first kappa shape index (κ1) is 15.6. The van der Waals surface area contributed by atoms with E-state index in [0.29, 0.717) is 15.6 Å². The lowest BCUT2D eigenvalue weighted by Crippen LogP contribution is -2.18. The van der Waals surface area contributed by atoms with Gasteiger partial charge in [0.15, 0.2) is 0 Å². The quantitative estimate of drug-likeness (QED) is 0.510. The van der Waals surface area contributed by atoms with Crippen LogP contribution in [-0.4, -0.2) is 17.0 Å². The van der Waals surface area contributed by atoms with Crippen LogP contribution in [0.4, 0.5) is 5.69 Å². The second-order valence-corrected chi connectivity index (χ2v) is 5.02. The Labute approximate surface area is 133 Å². The van der Waals surface area contributed by atoms with Crippen molar-refractivity contribution in [2.24, 2.45) is 5.10 Å². The summed E-state index contributed by atoms with van der Waals surface area (Å²) in [4.78, 5) is 21.8. The highest BCUT2D eigenvalue weighted by Gasteiger charge is 2.08. The molecule has 22 heavy (non-hydrogen) atoms. The number of nitrogens with one attached hydrogen (secondary N) is 1. The zero-order chi connectivity index (χ0) is 16.1. The standard InChI is InChI=1S/C14H10BrN3O4/c15-11-4-2-1-3-10(11)14(20)17-16-8-9-5-6-13(19)12(7-9)18(21)22/h1-8,19H,(H,17,20)/p-1/b16-8-. The first-order chi connectivity index (χ1) is 10.5. The van der Waals surface area contributed by atoms with Gasteiger partial charge in [0.2, 0.25) is 0 Å². The summed E-state index contributed by atoms with van der Waals surface area (Å²) in [6.07, 6.45) is 1.22. The van der Waals surface area contributed by atoms with Crippen LogP contribution >= 0.6 is 15.9 Å². The van der Waals surface area contributed by atoms with Gasteiger partial charge in [-0.3, -0.25) is 14.9 Å². The molecule has 8 heteroatoms. The number of hydrazone groups is 1. The number of benzene rings is 2. The van der Waals surface area contributed by atoms with Crippen molar-refractivity contribution in [3.05, 3.63) is 68.2 Å². The van der Waals surface area contributed by atoms with Gasteiger partial charge < -0.3 is 5.11 Å². The summed E-state index contributed by atoms with van der Waals surface area (Å²) in [6.45, 7) is 0. The van der Waals surface area contributed by atoms with E-state index in [1.54, 1.807) is 24.3 Å². The summed E-state index contributed by atoms with van der Waals surface area (Å²) in [5.74, 6) is -1.11. The lowest BCUT2D eigenvalue weighted by Gasteiger charge is -2.06. The van der Waals surface area contributed by atoms with Gasteiger partial charge in [-0.25, -0.2) is 5.43 Å². The Hall–Kier alpha value is -2.74. The third-order valence-corrected chi connectivity index (χ3v) is 3.37. The number of nitro benzene ring substituents is 1. The Morgan fingerprint density at radius 1 is 1.27 bits per heavy atom. The predicted octanol–water partition coefficient (Wildman–Crippen LogP) is 2.19. The van der Waals surface area contributed by atoms with Gasteiger partial charge in [-0.1, -0.05) is 24.3 Å². The van der Waals surface area contributed by atoms with Crippen molar-refractivity contribution in [1.29, 1.82) is 0 Å². The van der Waals surface area contributed by atoms with Crippen molar-refractivity contribution < 1.29 is 14.8 Å². The van der Waals surface area contributed by atoms with Gasteiger partial charge in [-0.15, -0.1) is 0 Å². The van der Waals surface area contributed by atoms with E-state index >= 15 is 0 Å². The molecule has 0 aliphatic heterocycles. The fourth-order valence-corrected chi connectivity index (χ4v) is 2.09. The summed E-state index contributed by atoms with van der Waals surface area (Å²) >= 11 is 3.24. The largest absolute Gasteiger partial charge is 0.868 e. The monoisotopic (exact) mass is 362 g/mol. The molecule has 0 spiro atoms. The molecule has 112 valence electrons. The molecule has 1 amide bonds. The molecule has 0 saturated heterocycles. The Morgan fingerprint density at radius 3 is 2.68 bits per heavy atom. The normalized spacial score (nSPS) is 10.6. The number of nitrogens with zero attached hydrogens (tertiary/aromatic N) is 2. The van der Waals surface area contributed by atoms with Crippen LogP contribution in [0.15, 0.2) is 52.0 Å². The van der Waals surface area contributed by atoms with Crippen molar-refractivity contribution >= 4 is 33.7 Å². The van der Waals surface area contributed by atoms with Crippen molar-refractivity contribution in [3.8, 4) is 5.75 Å². The number of halogens is 1. The minimum atomic E-state index is -0.765. The number of rotatable bonds is 4. The SMILES string of the molecule is O=C(N/N=C\c1ccc([O-])c([N+](=O)[O-])c1)c1ccccc1Br. The van der Waals surface area contributed by atoms with Crippen molar-refractivity contribution in [1.82, 2.24) is 5.43 Å². The van der Waals surface area contributed by atoms with E-state index in [-0.39, 0.29) is 0 Å². The van der Waals surface area contributed by atoms with Crippen LogP contribution in [0.1, 0.15) is 15.9 Å². The first-order valence-corrected chi connectivity index (χ1v) is 6.81. The van der Waals surface area contributed by atoms with Gasteiger partial charge >= 0.3 is 0 Å². The third kappa shape index (κ3) is 3.67. The Kier molecular flexibility index (Phi) is 4.84. The van der Waals surface area contributed by atoms with Gasteiger partial charge in [0.05, 0.1) is 16.7 Å². The van der Waals surface area contributed by atoms with E-state index in [1.807, 2.05) is 0 Å². The van der Waals surface area contributed by atoms with Gasteiger partial charge in [0, 0.05) is 16.1 Å². The summed E-state index contributed by atoms with van der Waals surface area (Å²) in [7, 11) is 0. The number of hydrogen-bond acceptors (Lipinski definition) is 5. The smallest absolute Gasteiger partial charge is 0.272 e. The molecule has 0 heterocycles. The molecule has 2 aromatic rings. The maximum atomic E-state index is 11.9. The van der Waals surface area contributed by atoms with Gasteiger partial charge in [-0.05, 0) is 33.8 Å². The van der Waals surface area contributed by atoms with Gasteiger partial charge in [0.1, 0.15) is 0 Å². The number of hydrogen-bond donors (Lipinski definition) is 1. The van der Waals surface area contributed by atoms with Crippen LogP contribution in [0.3, 0.4) is 0 Å². The average Bonchev–Trinajstić information content (AvgIpc) is 2.49. The minimum Gasteiger partial charge on any atom is -0.868 e. The molecule has 0 fully saturated rings. The molecule has 1 N–H and O–H groups in total. The summed E-state index contributed by atoms with van der Waals surface area (Å²) in [5.41, 5.74) is 2.50. The van der Waals surface area contributed by atoms with Crippen LogP contribution in [0.5, 0.6) is 5.75 Å². The minimum absolute atomic E-state index is 0.332. The van der Waals surface area contributed by atoms with Crippen LogP contribution in [0, 0.1) is 10.1 Å². The molecule has 0 aliphatic carbocycles. The molecule has 2 rings (SSSR count).